The Hall–Kier alpha value is -2.31. The van der Waals surface area contributed by atoms with Crippen molar-refractivity contribution in [1.29, 1.82) is 0 Å². The van der Waals surface area contributed by atoms with Crippen molar-refractivity contribution in [2.24, 2.45) is 0 Å². The fraction of sp³-hybridized carbons (Fsp3) is 0.500. The number of hydrogen-bond acceptors (Lipinski definition) is 5. The van der Waals surface area contributed by atoms with Gasteiger partial charge in [0.15, 0.2) is 0 Å². The van der Waals surface area contributed by atoms with Crippen LogP contribution in [-0.2, 0) is 20.7 Å². The lowest BCUT2D eigenvalue weighted by Gasteiger charge is -2.22. The zero-order valence-corrected chi connectivity index (χ0v) is 13.7. The molecule has 1 N–H and O–H groups in total. The molecule has 0 unspecified atom stereocenters. The number of hydrogen-bond donors (Lipinski definition) is 1. The van der Waals surface area contributed by atoms with Crippen LogP contribution in [0.25, 0.3) is 0 Å². The average molecular weight is 327 g/mol. The van der Waals surface area contributed by atoms with Crippen molar-refractivity contribution in [2.75, 3.05) is 14.0 Å². The molecule has 0 spiro atoms. The second-order valence-corrected chi connectivity index (χ2v) is 5.82. The van der Waals surface area contributed by atoms with E-state index in [1.165, 1.54) is 7.11 Å². The minimum absolute atomic E-state index is 0.210. The summed E-state index contributed by atoms with van der Waals surface area (Å²) in [6.07, 6.45) is -0.493. The van der Waals surface area contributed by atoms with Crippen LogP contribution in [0.1, 0.15) is 26.3 Å². The molecule has 0 heterocycles. The van der Waals surface area contributed by atoms with E-state index in [0.29, 0.717) is 5.75 Å². The van der Waals surface area contributed by atoms with E-state index in [0.717, 1.165) is 5.56 Å². The van der Waals surface area contributed by atoms with Gasteiger partial charge in [-0.3, -0.25) is 0 Å². The van der Waals surface area contributed by atoms with E-state index in [2.05, 4.69) is 5.32 Å². The van der Waals surface area contributed by atoms with Gasteiger partial charge in [-0.15, -0.1) is 0 Å². The summed E-state index contributed by atoms with van der Waals surface area (Å²) in [6.45, 7) is 4.26. The molecule has 1 rings (SSSR count). The van der Waals surface area contributed by atoms with Crippen LogP contribution in [0.5, 0.6) is 5.75 Å². The Morgan fingerprint density at radius 1 is 1.22 bits per heavy atom. The molecule has 1 amide bonds. The lowest BCUT2D eigenvalue weighted by molar-refractivity contribution is -0.143. The molecular formula is C16H22FNO5. The summed E-state index contributed by atoms with van der Waals surface area (Å²) in [7, 11) is 1.24. The largest absolute Gasteiger partial charge is 0.467 e. The molecule has 0 aliphatic rings. The van der Waals surface area contributed by atoms with Crippen molar-refractivity contribution in [3.63, 3.8) is 0 Å². The molecule has 7 heteroatoms. The van der Waals surface area contributed by atoms with Crippen LogP contribution < -0.4 is 10.1 Å². The number of carbonyl (C=O) groups is 2. The van der Waals surface area contributed by atoms with E-state index in [1.54, 1.807) is 45.0 Å². The Bertz CT molecular complexity index is 524. The molecular weight excluding hydrogens is 305 g/mol. The molecule has 1 aromatic rings. The number of amides is 1. The van der Waals surface area contributed by atoms with Crippen molar-refractivity contribution >= 4 is 12.1 Å². The van der Waals surface area contributed by atoms with Crippen molar-refractivity contribution in [2.45, 2.75) is 38.8 Å². The van der Waals surface area contributed by atoms with Crippen molar-refractivity contribution < 1.29 is 28.2 Å². The molecule has 128 valence electrons. The summed E-state index contributed by atoms with van der Waals surface area (Å²) in [5.74, 6) is -0.203. The number of halogens is 1. The fourth-order valence-electron chi connectivity index (χ4n) is 1.81. The molecule has 1 aromatic carbocycles. The lowest BCUT2D eigenvalue weighted by Crippen LogP contribution is -2.45. The summed E-state index contributed by atoms with van der Waals surface area (Å²) in [5.41, 5.74) is 0.0819. The van der Waals surface area contributed by atoms with Crippen molar-refractivity contribution in [3.05, 3.63) is 29.8 Å². The molecule has 6 nitrogen and oxygen atoms in total. The third-order valence-electron chi connectivity index (χ3n) is 2.76. The van der Waals surface area contributed by atoms with Gasteiger partial charge in [0.05, 0.1) is 7.11 Å². The summed E-state index contributed by atoms with van der Waals surface area (Å²) in [4.78, 5) is 23.6. The van der Waals surface area contributed by atoms with Gasteiger partial charge in [-0.05, 0) is 38.5 Å². The van der Waals surface area contributed by atoms with Gasteiger partial charge in [-0.25, -0.2) is 14.0 Å². The molecule has 0 bridgehead atoms. The number of alkyl carbamates (subject to hydrolysis) is 1. The van der Waals surface area contributed by atoms with Crippen LogP contribution in [0.4, 0.5) is 9.18 Å². The highest BCUT2D eigenvalue weighted by Gasteiger charge is 2.25. The highest BCUT2D eigenvalue weighted by molar-refractivity contribution is 5.81. The van der Waals surface area contributed by atoms with Gasteiger partial charge in [0.25, 0.3) is 0 Å². The van der Waals surface area contributed by atoms with E-state index in [1.807, 2.05) is 0 Å². The first-order valence-electron chi connectivity index (χ1n) is 7.10. The minimum Gasteiger partial charge on any atom is -0.467 e. The Morgan fingerprint density at radius 2 is 1.83 bits per heavy atom. The second-order valence-electron chi connectivity index (χ2n) is 5.82. The molecule has 0 aromatic heterocycles. The van der Waals surface area contributed by atoms with Crippen LogP contribution in [-0.4, -0.2) is 37.7 Å². The van der Waals surface area contributed by atoms with E-state index in [-0.39, 0.29) is 6.42 Å². The number of ether oxygens (including phenoxy) is 3. The highest BCUT2D eigenvalue weighted by Crippen LogP contribution is 2.14. The van der Waals surface area contributed by atoms with E-state index >= 15 is 0 Å². The monoisotopic (exact) mass is 327 g/mol. The van der Waals surface area contributed by atoms with Gasteiger partial charge in [0.1, 0.15) is 17.4 Å². The van der Waals surface area contributed by atoms with Gasteiger partial charge in [0, 0.05) is 6.42 Å². The molecule has 0 saturated heterocycles. The smallest absolute Gasteiger partial charge is 0.408 e. The minimum atomic E-state index is -0.912. The molecule has 0 fully saturated rings. The second kappa shape index (κ2) is 8.36. The SMILES string of the molecule is COC(=O)[C@H](Cc1ccc(OCF)cc1)NC(=O)OC(C)(C)C. The predicted octanol–water partition coefficient (Wildman–Crippen LogP) is 2.60. The number of alkyl halides is 1. The van der Waals surface area contributed by atoms with Gasteiger partial charge in [-0.2, -0.15) is 0 Å². The number of esters is 1. The Labute approximate surface area is 134 Å². The Balaban J connectivity index is 2.74. The topological polar surface area (TPSA) is 73.9 Å². The zero-order valence-electron chi connectivity index (χ0n) is 13.7. The average Bonchev–Trinajstić information content (AvgIpc) is 2.46. The zero-order chi connectivity index (χ0) is 17.5. The summed E-state index contributed by atoms with van der Waals surface area (Å²) in [6, 6.07) is 5.63. The molecule has 0 aliphatic carbocycles. The molecule has 0 aliphatic heterocycles. The van der Waals surface area contributed by atoms with Crippen LogP contribution in [0.3, 0.4) is 0 Å². The normalized spacial score (nSPS) is 12.2. The van der Waals surface area contributed by atoms with Crippen molar-refractivity contribution in [1.82, 2.24) is 5.32 Å². The Kier molecular flexibility index (Phi) is 6.81. The number of carbonyl (C=O) groups excluding carboxylic acids is 2. The number of nitrogens with one attached hydrogen (secondary N) is 1. The van der Waals surface area contributed by atoms with Crippen molar-refractivity contribution in [3.8, 4) is 5.75 Å². The summed E-state index contributed by atoms with van der Waals surface area (Å²) in [5, 5.41) is 2.49. The van der Waals surface area contributed by atoms with Gasteiger partial charge < -0.3 is 19.5 Å². The third kappa shape index (κ3) is 6.99. The van der Waals surface area contributed by atoms with Gasteiger partial charge in [0.2, 0.25) is 6.86 Å². The first kappa shape index (κ1) is 18.7. The number of rotatable bonds is 6. The van der Waals surface area contributed by atoms with Crippen LogP contribution in [0.2, 0.25) is 0 Å². The standard InChI is InChI=1S/C16H22FNO5/c1-16(2,3)23-15(20)18-13(14(19)21-4)9-11-5-7-12(8-6-11)22-10-17/h5-8,13H,9-10H2,1-4H3,(H,18,20)/t13-/m0/s1. The number of benzene rings is 1. The maximum absolute atomic E-state index is 12.1. The quantitative estimate of drug-likeness (QED) is 0.813. The van der Waals surface area contributed by atoms with Gasteiger partial charge in [-0.1, -0.05) is 12.1 Å². The highest BCUT2D eigenvalue weighted by atomic mass is 19.1. The van der Waals surface area contributed by atoms with E-state index in [9.17, 15) is 14.0 Å². The lowest BCUT2D eigenvalue weighted by atomic mass is 10.1. The molecule has 0 radical (unpaired) electrons. The number of methoxy groups -OCH3 is 1. The van der Waals surface area contributed by atoms with E-state index in [4.69, 9.17) is 14.2 Å². The first-order chi connectivity index (χ1) is 10.7. The van der Waals surface area contributed by atoms with Crippen LogP contribution in [0.15, 0.2) is 24.3 Å². The fourth-order valence-corrected chi connectivity index (χ4v) is 1.81. The van der Waals surface area contributed by atoms with Crippen LogP contribution in [0, 0.1) is 0 Å². The summed E-state index contributed by atoms with van der Waals surface area (Å²) < 4.78 is 26.6. The first-order valence-corrected chi connectivity index (χ1v) is 7.10. The molecule has 1 atom stereocenters. The predicted molar refractivity (Wildman–Crippen MR) is 81.9 cm³/mol. The molecule has 0 saturated carbocycles. The van der Waals surface area contributed by atoms with Crippen LogP contribution >= 0.6 is 0 Å². The summed E-state index contributed by atoms with van der Waals surface area (Å²) >= 11 is 0. The Morgan fingerprint density at radius 3 is 2.30 bits per heavy atom. The maximum atomic E-state index is 12.1. The maximum Gasteiger partial charge on any atom is 0.408 e. The van der Waals surface area contributed by atoms with E-state index < -0.39 is 30.6 Å². The molecule has 23 heavy (non-hydrogen) atoms. The third-order valence-corrected chi connectivity index (χ3v) is 2.76. The van der Waals surface area contributed by atoms with Gasteiger partial charge >= 0.3 is 12.1 Å².